The van der Waals surface area contributed by atoms with Crippen molar-refractivity contribution < 1.29 is 62.6 Å². The van der Waals surface area contributed by atoms with Crippen molar-refractivity contribution in [1.82, 2.24) is 0 Å². The fourth-order valence-corrected chi connectivity index (χ4v) is 6.75. The second kappa shape index (κ2) is 10.8. The Balaban J connectivity index is 2.09. The van der Waals surface area contributed by atoms with Crippen LogP contribution >= 0.6 is 0 Å². The molecule has 0 bridgehead atoms. The Morgan fingerprint density at radius 2 is 1.54 bits per heavy atom. The molecule has 10 atom stereocenters. The van der Waals surface area contributed by atoms with E-state index in [-0.39, 0.29) is 18.6 Å². The maximum absolute atomic E-state index is 12.9. The Bertz CT molecular complexity index is 1190. The second-order valence-corrected chi connectivity index (χ2v) is 11.3. The molecule has 13 nitrogen and oxygen atoms in total. The molecule has 1 saturated carbocycles. The normalized spacial score (nSPS) is 43.3. The molecule has 2 saturated heterocycles. The highest BCUT2D eigenvalue weighted by Crippen LogP contribution is 2.62. The maximum Gasteiger partial charge on any atom is 0.312 e. The van der Waals surface area contributed by atoms with Gasteiger partial charge in [0.1, 0.15) is 30.0 Å². The number of hydrogen-bond donors (Lipinski definition) is 2. The molecule has 2 N–H and O–H groups in total. The van der Waals surface area contributed by atoms with E-state index in [1.807, 2.05) is 0 Å². The summed E-state index contributed by atoms with van der Waals surface area (Å²) in [5.74, 6) is -6.14. The van der Waals surface area contributed by atoms with Gasteiger partial charge in [-0.05, 0) is 24.6 Å². The standard InChI is InChI=1S/C28H36O13/c1-13-25(34)41-22-9-18(11-29)7-8-19(37-14(2)30)26(6)20(38-15(3)31)10-21(39-16(4)32)27(12-36-27)23(26)24(28(13,22)35)40-17(5)33/h7-9,13,19-24,29,35H,10-12H2,1-6H3/b8-7-,18-9+/t13-,19-,20-,21+,22-,23+,24-,26-,27+,28-/m0/s1. The molecule has 1 spiro atoms. The zero-order valence-corrected chi connectivity index (χ0v) is 23.8. The summed E-state index contributed by atoms with van der Waals surface area (Å²) in [6.07, 6.45) is -2.23. The van der Waals surface area contributed by atoms with Gasteiger partial charge in [0.2, 0.25) is 0 Å². The number of esters is 5. The topological polar surface area (TPSA) is 184 Å². The lowest BCUT2D eigenvalue weighted by molar-refractivity contribution is -0.252. The fraction of sp³-hybridized carbons (Fsp3) is 0.679. The van der Waals surface area contributed by atoms with E-state index in [0.29, 0.717) is 0 Å². The van der Waals surface area contributed by atoms with E-state index in [1.54, 1.807) is 6.92 Å². The first kappa shape index (κ1) is 30.7. The summed E-state index contributed by atoms with van der Waals surface area (Å²) < 4.78 is 34.6. The molecule has 226 valence electrons. The van der Waals surface area contributed by atoms with E-state index in [9.17, 15) is 34.2 Å². The third-order valence-corrected chi connectivity index (χ3v) is 8.69. The largest absolute Gasteiger partial charge is 0.462 e. The number of aliphatic hydroxyl groups is 2. The Kier molecular flexibility index (Phi) is 8.11. The average molecular weight is 581 g/mol. The number of aliphatic hydroxyl groups excluding tert-OH is 1. The molecule has 2 aliphatic carbocycles. The molecule has 4 aliphatic rings. The van der Waals surface area contributed by atoms with Crippen molar-refractivity contribution in [3.05, 3.63) is 23.8 Å². The van der Waals surface area contributed by atoms with E-state index in [0.717, 1.165) is 6.92 Å². The van der Waals surface area contributed by atoms with Gasteiger partial charge >= 0.3 is 29.8 Å². The van der Waals surface area contributed by atoms with E-state index in [2.05, 4.69) is 0 Å². The van der Waals surface area contributed by atoms with Crippen molar-refractivity contribution in [2.75, 3.05) is 13.2 Å². The van der Waals surface area contributed by atoms with Crippen LogP contribution < -0.4 is 0 Å². The quantitative estimate of drug-likeness (QED) is 0.257. The highest BCUT2D eigenvalue weighted by atomic mass is 16.6. The lowest BCUT2D eigenvalue weighted by atomic mass is 9.52. The van der Waals surface area contributed by atoms with Gasteiger partial charge in [-0.2, -0.15) is 0 Å². The van der Waals surface area contributed by atoms with Crippen LogP contribution in [0.15, 0.2) is 23.8 Å². The van der Waals surface area contributed by atoms with Crippen LogP contribution in [0.1, 0.15) is 48.0 Å². The average Bonchev–Trinajstić information content (AvgIpc) is 3.62. The Morgan fingerprint density at radius 3 is 2.05 bits per heavy atom. The second-order valence-electron chi connectivity index (χ2n) is 11.3. The number of carbonyl (C=O) groups is 5. The van der Waals surface area contributed by atoms with E-state index in [1.165, 1.54) is 45.9 Å². The molecule has 0 radical (unpaired) electrons. The predicted octanol–water partition coefficient (Wildman–Crippen LogP) is 0.290. The van der Waals surface area contributed by atoms with Gasteiger partial charge < -0.3 is 38.6 Å². The highest BCUT2D eigenvalue weighted by molar-refractivity contribution is 5.78. The lowest BCUT2D eigenvalue weighted by Crippen LogP contribution is -2.71. The molecular formula is C28H36O13. The zero-order chi connectivity index (χ0) is 30.5. The third kappa shape index (κ3) is 5.15. The summed E-state index contributed by atoms with van der Waals surface area (Å²) >= 11 is 0. The lowest BCUT2D eigenvalue weighted by Gasteiger charge is -2.57. The Morgan fingerprint density at radius 1 is 0.976 bits per heavy atom. The molecule has 3 fully saturated rings. The first-order valence-electron chi connectivity index (χ1n) is 13.4. The molecule has 0 amide bonds. The van der Waals surface area contributed by atoms with E-state index < -0.39 is 95.4 Å². The summed E-state index contributed by atoms with van der Waals surface area (Å²) in [6, 6.07) is 0. The van der Waals surface area contributed by atoms with Crippen LogP contribution in [0.25, 0.3) is 0 Å². The van der Waals surface area contributed by atoms with Gasteiger partial charge in [0.05, 0.1) is 24.5 Å². The highest BCUT2D eigenvalue weighted by Gasteiger charge is 2.78. The van der Waals surface area contributed by atoms with Crippen LogP contribution in [0.5, 0.6) is 0 Å². The number of ether oxygens (including phenoxy) is 6. The number of hydrogen-bond acceptors (Lipinski definition) is 13. The van der Waals surface area contributed by atoms with E-state index in [4.69, 9.17) is 28.4 Å². The number of rotatable bonds is 5. The zero-order valence-electron chi connectivity index (χ0n) is 23.8. The minimum absolute atomic E-state index is 0.0199. The molecule has 0 unspecified atom stereocenters. The van der Waals surface area contributed by atoms with Gasteiger partial charge in [-0.1, -0.05) is 13.0 Å². The number of carbonyl (C=O) groups excluding carboxylic acids is 5. The Labute approximate surface area is 236 Å². The molecule has 0 aromatic carbocycles. The van der Waals surface area contributed by atoms with Gasteiger partial charge in [-0.3, -0.25) is 24.0 Å². The first-order chi connectivity index (χ1) is 19.1. The third-order valence-electron chi connectivity index (χ3n) is 8.69. The number of fused-ring (bicyclic) bond motifs is 3. The minimum atomic E-state index is -2.25. The first-order valence-corrected chi connectivity index (χ1v) is 13.4. The monoisotopic (exact) mass is 580 g/mol. The van der Waals surface area contributed by atoms with Gasteiger partial charge in [0.25, 0.3) is 0 Å². The van der Waals surface area contributed by atoms with Crippen LogP contribution in [0, 0.1) is 17.3 Å². The molecule has 0 aromatic rings. The molecule has 4 rings (SSSR count). The molecule has 13 heteroatoms. The number of epoxide rings is 1. The van der Waals surface area contributed by atoms with Crippen molar-refractivity contribution in [2.24, 2.45) is 17.3 Å². The van der Waals surface area contributed by atoms with Crippen LogP contribution in [0.4, 0.5) is 0 Å². The summed E-state index contributed by atoms with van der Waals surface area (Å²) in [5, 5.41) is 22.6. The molecule has 2 aliphatic heterocycles. The van der Waals surface area contributed by atoms with E-state index >= 15 is 0 Å². The van der Waals surface area contributed by atoms with Crippen molar-refractivity contribution in [1.29, 1.82) is 0 Å². The van der Waals surface area contributed by atoms with Crippen molar-refractivity contribution in [2.45, 2.75) is 89.7 Å². The van der Waals surface area contributed by atoms with Gasteiger partial charge in [-0.25, -0.2) is 0 Å². The summed E-state index contributed by atoms with van der Waals surface area (Å²) in [5.41, 5.74) is -4.98. The molecule has 2 heterocycles. The fourth-order valence-electron chi connectivity index (χ4n) is 6.75. The summed E-state index contributed by atoms with van der Waals surface area (Å²) in [4.78, 5) is 62.6. The van der Waals surface area contributed by atoms with Crippen molar-refractivity contribution >= 4 is 29.8 Å². The van der Waals surface area contributed by atoms with Crippen LogP contribution in [0.2, 0.25) is 0 Å². The SMILES string of the molecule is CC(=O)O[C@H]1/C=C\C(CO)=C/[C@@H]2OC(=O)[C@H](C)[C@@]2(O)[C@@H](OC(C)=O)[C@H]2[C@@]3(CO3)[C@H](OC(C)=O)C[C@H](OC(C)=O)[C@]12C. The smallest absolute Gasteiger partial charge is 0.312 e. The van der Waals surface area contributed by atoms with Gasteiger partial charge in [0, 0.05) is 40.0 Å². The Hall–Kier alpha value is -3.29. The predicted molar refractivity (Wildman–Crippen MR) is 135 cm³/mol. The van der Waals surface area contributed by atoms with Crippen LogP contribution in [0.3, 0.4) is 0 Å². The van der Waals surface area contributed by atoms with Gasteiger partial charge in [-0.15, -0.1) is 0 Å². The summed E-state index contributed by atoms with van der Waals surface area (Å²) in [6.45, 7) is 7.14. The summed E-state index contributed by atoms with van der Waals surface area (Å²) in [7, 11) is 0. The molecule has 0 aromatic heterocycles. The van der Waals surface area contributed by atoms with Crippen molar-refractivity contribution in [3.8, 4) is 0 Å². The minimum Gasteiger partial charge on any atom is -0.462 e. The van der Waals surface area contributed by atoms with Gasteiger partial charge in [0.15, 0.2) is 11.7 Å². The van der Waals surface area contributed by atoms with Crippen LogP contribution in [-0.4, -0.2) is 95.0 Å². The maximum atomic E-state index is 12.9. The van der Waals surface area contributed by atoms with Crippen LogP contribution in [-0.2, 0) is 52.4 Å². The molecule has 41 heavy (non-hydrogen) atoms. The van der Waals surface area contributed by atoms with Crippen molar-refractivity contribution in [3.63, 3.8) is 0 Å². The molecular weight excluding hydrogens is 544 g/mol.